The zero-order chi connectivity index (χ0) is 15.6. The highest BCUT2D eigenvalue weighted by molar-refractivity contribution is 5.95. The predicted octanol–water partition coefficient (Wildman–Crippen LogP) is 1.72. The fraction of sp³-hybridized carbons (Fsp3) is 0.385. The number of rotatable bonds is 4. The molecule has 0 aliphatic heterocycles. The minimum atomic E-state index is -1.01. The molecule has 7 nitrogen and oxygen atoms in total. The van der Waals surface area contributed by atoms with E-state index >= 15 is 0 Å². The van der Waals surface area contributed by atoms with Crippen molar-refractivity contribution >= 4 is 17.6 Å². The highest BCUT2D eigenvalue weighted by atomic mass is 19.1. The average molecular weight is 296 g/mol. The maximum Gasteiger partial charge on any atom is 0.306 e. The van der Waals surface area contributed by atoms with Crippen LogP contribution in [0.2, 0.25) is 0 Å². The molecule has 0 saturated heterocycles. The molecule has 1 amide bonds. The van der Waals surface area contributed by atoms with Crippen LogP contribution >= 0.6 is 0 Å². The van der Waals surface area contributed by atoms with E-state index in [2.05, 4.69) is 5.32 Å². The summed E-state index contributed by atoms with van der Waals surface area (Å²) in [5.41, 5.74) is -0.792. The Morgan fingerprint density at radius 1 is 1.38 bits per heavy atom. The molecule has 2 unspecified atom stereocenters. The molecule has 1 aromatic rings. The first-order chi connectivity index (χ1) is 9.88. The van der Waals surface area contributed by atoms with Crippen LogP contribution in [0.25, 0.3) is 0 Å². The van der Waals surface area contributed by atoms with E-state index < -0.39 is 34.2 Å². The van der Waals surface area contributed by atoms with Crippen LogP contribution in [-0.4, -0.2) is 27.9 Å². The van der Waals surface area contributed by atoms with Crippen molar-refractivity contribution in [2.45, 2.75) is 25.3 Å². The Bertz CT molecular complexity index is 604. The third kappa shape index (κ3) is 3.33. The van der Waals surface area contributed by atoms with Crippen LogP contribution in [0.3, 0.4) is 0 Å². The summed E-state index contributed by atoms with van der Waals surface area (Å²) in [4.78, 5) is 32.5. The van der Waals surface area contributed by atoms with Gasteiger partial charge in [0.1, 0.15) is 0 Å². The van der Waals surface area contributed by atoms with Crippen LogP contribution in [0.4, 0.5) is 10.1 Å². The monoisotopic (exact) mass is 296 g/mol. The highest BCUT2D eigenvalue weighted by Gasteiger charge is 2.31. The summed E-state index contributed by atoms with van der Waals surface area (Å²) in [6.07, 6.45) is 1.33. The molecular weight excluding hydrogens is 283 g/mol. The SMILES string of the molecule is O=C(NC1CCC(C(=O)O)C1)c1ccc(F)c([N+](=O)[O-])c1. The van der Waals surface area contributed by atoms with Crippen LogP contribution in [0.1, 0.15) is 29.6 Å². The van der Waals surface area contributed by atoms with Crippen LogP contribution in [0, 0.1) is 21.8 Å². The molecular formula is C13H13FN2O5. The Balaban J connectivity index is 2.06. The number of halogens is 1. The Labute approximate surface area is 118 Å². The minimum Gasteiger partial charge on any atom is -0.481 e. The number of aliphatic carboxylic acids is 1. The number of nitro groups is 1. The third-order valence-electron chi connectivity index (χ3n) is 3.52. The Hall–Kier alpha value is -2.51. The topological polar surface area (TPSA) is 110 Å². The Morgan fingerprint density at radius 2 is 2.10 bits per heavy atom. The summed E-state index contributed by atoms with van der Waals surface area (Å²) in [5.74, 6) is -2.97. The van der Waals surface area contributed by atoms with Crippen molar-refractivity contribution in [3.8, 4) is 0 Å². The molecule has 0 heterocycles. The summed E-state index contributed by atoms with van der Waals surface area (Å²) in [6.45, 7) is 0. The molecule has 2 N–H and O–H groups in total. The largest absolute Gasteiger partial charge is 0.481 e. The van der Waals surface area contributed by atoms with E-state index in [1.807, 2.05) is 0 Å². The van der Waals surface area contributed by atoms with Gasteiger partial charge in [-0.25, -0.2) is 0 Å². The van der Waals surface area contributed by atoms with E-state index in [0.717, 1.165) is 18.2 Å². The number of carbonyl (C=O) groups excluding carboxylic acids is 1. The number of nitro benzene ring substituents is 1. The average Bonchev–Trinajstić information content (AvgIpc) is 2.87. The molecule has 0 radical (unpaired) electrons. The van der Waals surface area contributed by atoms with E-state index in [-0.39, 0.29) is 11.6 Å². The lowest BCUT2D eigenvalue weighted by molar-refractivity contribution is -0.387. The smallest absolute Gasteiger partial charge is 0.306 e. The van der Waals surface area contributed by atoms with Gasteiger partial charge in [0.2, 0.25) is 5.82 Å². The zero-order valence-electron chi connectivity index (χ0n) is 10.9. The van der Waals surface area contributed by atoms with E-state index in [9.17, 15) is 24.1 Å². The fourth-order valence-corrected chi connectivity index (χ4v) is 2.40. The van der Waals surface area contributed by atoms with Crippen molar-refractivity contribution in [2.24, 2.45) is 5.92 Å². The van der Waals surface area contributed by atoms with Crippen molar-refractivity contribution < 1.29 is 24.0 Å². The van der Waals surface area contributed by atoms with Gasteiger partial charge in [0.05, 0.1) is 10.8 Å². The van der Waals surface area contributed by atoms with Crippen LogP contribution in [0.5, 0.6) is 0 Å². The quantitative estimate of drug-likeness (QED) is 0.649. The summed E-state index contributed by atoms with van der Waals surface area (Å²) in [6, 6.07) is 2.60. The van der Waals surface area contributed by atoms with Gasteiger partial charge in [-0.3, -0.25) is 19.7 Å². The van der Waals surface area contributed by atoms with Crippen LogP contribution < -0.4 is 5.32 Å². The summed E-state index contributed by atoms with van der Waals surface area (Å²) >= 11 is 0. The van der Waals surface area contributed by atoms with Crippen molar-refractivity contribution in [1.29, 1.82) is 0 Å². The fourth-order valence-electron chi connectivity index (χ4n) is 2.40. The number of nitrogens with zero attached hydrogens (tertiary/aromatic N) is 1. The summed E-state index contributed by atoms with van der Waals surface area (Å²) in [7, 11) is 0. The van der Waals surface area contributed by atoms with E-state index in [1.165, 1.54) is 0 Å². The minimum absolute atomic E-state index is 0.0260. The molecule has 1 aliphatic rings. The van der Waals surface area contributed by atoms with Gasteiger partial charge in [0.15, 0.2) is 0 Å². The molecule has 0 spiro atoms. The molecule has 0 aromatic heterocycles. The Morgan fingerprint density at radius 3 is 2.67 bits per heavy atom. The number of hydrogen-bond donors (Lipinski definition) is 2. The summed E-state index contributed by atoms with van der Waals surface area (Å²) < 4.78 is 13.2. The number of carbonyl (C=O) groups is 2. The molecule has 0 bridgehead atoms. The van der Waals surface area contributed by atoms with Gasteiger partial charge in [-0.2, -0.15) is 4.39 Å². The first kappa shape index (κ1) is 14.9. The number of nitrogens with one attached hydrogen (secondary N) is 1. The lowest BCUT2D eigenvalue weighted by Crippen LogP contribution is -2.33. The van der Waals surface area contributed by atoms with Crippen molar-refractivity contribution in [3.63, 3.8) is 0 Å². The van der Waals surface area contributed by atoms with E-state index in [0.29, 0.717) is 19.3 Å². The van der Waals surface area contributed by atoms with E-state index in [4.69, 9.17) is 5.11 Å². The highest BCUT2D eigenvalue weighted by Crippen LogP contribution is 2.26. The number of hydrogen-bond acceptors (Lipinski definition) is 4. The molecule has 21 heavy (non-hydrogen) atoms. The predicted molar refractivity (Wildman–Crippen MR) is 69.3 cm³/mol. The van der Waals surface area contributed by atoms with Crippen molar-refractivity contribution in [2.75, 3.05) is 0 Å². The second-order valence-electron chi connectivity index (χ2n) is 4.94. The maximum absolute atomic E-state index is 13.2. The molecule has 8 heteroatoms. The zero-order valence-corrected chi connectivity index (χ0v) is 10.9. The van der Waals surface area contributed by atoms with Gasteiger partial charge in [-0.05, 0) is 31.4 Å². The normalized spacial score (nSPS) is 21.0. The lowest BCUT2D eigenvalue weighted by atomic mass is 10.1. The standard InChI is InChI=1S/C13H13FN2O5/c14-10-4-2-7(6-11(10)16(20)21)12(17)15-9-3-1-8(5-9)13(18)19/h2,4,6,8-9H,1,3,5H2,(H,15,17)(H,18,19). The first-order valence-electron chi connectivity index (χ1n) is 6.36. The number of amides is 1. The van der Waals surface area contributed by atoms with Gasteiger partial charge in [-0.1, -0.05) is 0 Å². The molecule has 1 aromatic carbocycles. The molecule has 1 fully saturated rings. The van der Waals surface area contributed by atoms with Crippen molar-refractivity contribution in [3.05, 3.63) is 39.7 Å². The summed E-state index contributed by atoms with van der Waals surface area (Å²) in [5, 5.41) is 22.1. The van der Waals surface area contributed by atoms with Crippen LogP contribution in [0.15, 0.2) is 18.2 Å². The number of benzene rings is 1. The maximum atomic E-state index is 13.2. The second kappa shape index (κ2) is 5.86. The third-order valence-corrected chi connectivity index (χ3v) is 3.52. The Kier molecular flexibility index (Phi) is 4.15. The van der Waals surface area contributed by atoms with Gasteiger partial charge >= 0.3 is 11.7 Å². The molecule has 2 atom stereocenters. The second-order valence-corrected chi connectivity index (χ2v) is 4.94. The van der Waals surface area contributed by atoms with E-state index in [1.54, 1.807) is 0 Å². The number of carboxylic acids is 1. The van der Waals surface area contributed by atoms with Crippen LogP contribution in [-0.2, 0) is 4.79 Å². The van der Waals surface area contributed by atoms with Crippen molar-refractivity contribution in [1.82, 2.24) is 5.32 Å². The van der Waals surface area contributed by atoms with Gasteiger partial charge in [-0.15, -0.1) is 0 Å². The lowest BCUT2D eigenvalue weighted by Gasteiger charge is -2.12. The molecule has 2 rings (SSSR count). The van der Waals surface area contributed by atoms with Gasteiger partial charge in [0.25, 0.3) is 5.91 Å². The first-order valence-corrected chi connectivity index (χ1v) is 6.36. The molecule has 1 aliphatic carbocycles. The van der Waals surface area contributed by atoms with Gasteiger partial charge < -0.3 is 10.4 Å². The molecule has 1 saturated carbocycles. The van der Waals surface area contributed by atoms with Gasteiger partial charge in [0, 0.05) is 17.7 Å². The molecule has 112 valence electrons. The number of carboxylic acid groups (broad SMARTS) is 1.